The Balaban J connectivity index is 1.74. The van der Waals surface area contributed by atoms with Crippen molar-refractivity contribution in [1.29, 1.82) is 0 Å². The summed E-state index contributed by atoms with van der Waals surface area (Å²) in [6, 6.07) is 36.4. The zero-order chi connectivity index (χ0) is 22.3. The lowest BCUT2D eigenvalue weighted by atomic mass is 10.0. The van der Waals surface area contributed by atoms with Crippen LogP contribution >= 0.6 is 0 Å². The molecule has 0 aliphatic heterocycles. The molecule has 0 spiro atoms. The molecule has 0 saturated heterocycles. The normalized spacial score (nSPS) is 11.1. The molecular formula is C31H27N. The number of hydrogen-bond acceptors (Lipinski definition) is 1. The number of aryl methyl sites for hydroxylation is 1. The van der Waals surface area contributed by atoms with Crippen LogP contribution in [0.25, 0.3) is 16.7 Å². The highest BCUT2D eigenvalue weighted by Gasteiger charge is 2.13. The van der Waals surface area contributed by atoms with Crippen LogP contribution in [0.15, 0.2) is 135 Å². The minimum Gasteiger partial charge on any atom is -0.311 e. The van der Waals surface area contributed by atoms with Gasteiger partial charge < -0.3 is 4.90 Å². The van der Waals surface area contributed by atoms with Crippen LogP contribution in [0.5, 0.6) is 0 Å². The molecule has 0 bridgehead atoms. The van der Waals surface area contributed by atoms with Gasteiger partial charge >= 0.3 is 0 Å². The highest BCUT2D eigenvalue weighted by Crippen LogP contribution is 2.36. The Kier molecular flexibility index (Phi) is 6.48. The van der Waals surface area contributed by atoms with Crippen LogP contribution in [0.2, 0.25) is 0 Å². The summed E-state index contributed by atoms with van der Waals surface area (Å²) in [6.07, 6.45) is 5.62. The maximum Gasteiger partial charge on any atom is 0.0462 e. The Hall–Kier alpha value is -4.10. The van der Waals surface area contributed by atoms with Crippen molar-refractivity contribution in [1.82, 2.24) is 0 Å². The third-order valence-electron chi connectivity index (χ3n) is 5.50. The quantitative estimate of drug-likeness (QED) is 0.273. The molecule has 0 fully saturated rings. The van der Waals surface area contributed by atoms with Gasteiger partial charge in [-0.15, -0.1) is 0 Å². The first-order valence-corrected chi connectivity index (χ1v) is 10.8. The number of anilines is 3. The van der Waals surface area contributed by atoms with Crippen LogP contribution in [0, 0.1) is 6.92 Å². The summed E-state index contributed by atoms with van der Waals surface area (Å²) in [5.74, 6) is 0. The Bertz CT molecular complexity index is 1210. The van der Waals surface area contributed by atoms with Gasteiger partial charge in [-0.1, -0.05) is 104 Å². The zero-order valence-electron chi connectivity index (χ0n) is 18.4. The van der Waals surface area contributed by atoms with E-state index in [0.717, 1.165) is 28.2 Å². The molecule has 0 amide bonds. The van der Waals surface area contributed by atoms with E-state index in [0.29, 0.717) is 0 Å². The third kappa shape index (κ3) is 4.63. The standard InChI is InChI=1S/C31H27N/c1-4-9-25(5-2)27-14-20-30(21-15-27)32(29-18-12-24(3)13-19-29)31-22-16-28(17-23-31)26-10-7-6-8-11-26/h4-23H,1-2H2,3H3/b25-9+. The van der Waals surface area contributed by atoms with Crippen LogP contribution in [-0.2, 0) is 0 Å². The van der Waals surface area contributed by atoms with Gasteiger partial charge in [-0.2, -0.15) is 0 Å². The average molecular weight is 414 g/mol. The molecule has 0 unspecified atom stereocenters. The molecule has 0 radical (unpaired) electrons. The fourth-order valence-electron chi connectivity index (χ4n) is 3.79. The smallest absolute Gasteiger partial charge is 0.0462 e. The lowest BCUT2D eigenvalue weighted by molar-refractivity contribution is 1.27. The van der Waals surface area contributed by atoms with Crippen molar-refractivity contribution in [2.24, 2.45) is 0 Å². The lowest BCUT2D eigenvalue weighted by Crippen LogP contribution is -2.09. The van der Waals surface area contributed by atoms with E-state index in [1.807, 2.05) is 18.2 Å². The highest BCUT2D eigenvalue weighted by molar-refractivity contribution is 5.81. The number of allylic oxidation sites excluding steroid dienone is 4. The monoisotopic (exact) mass is 413 g/mol. The van der Waals surface area contributed by atoms with Crippen molar-refractivity contribution in [3.05, 3.63) is 146 Å². The Morgan fingerprint density at radius 3 is 1.66 bits per heavy atom. The molecule has 0 N–H and O–H groups in total. The van der Waals surface area contributed by atoms with Gasteiger partial charge in [0.05, 0.1) is 0 Å². The summed E-state index contributed by atoms with van der Waals surface area (Å²) in [5.41, 5.74) is 9.19. The summed E-state index contributed by atoms with van der Waals surface area (Å²) in [4.78, 5) is 2.28. The minimum atomic E-state index is 1.06. The number of hydrogen-bond donors (Lipinski definition) is 0. The van der Waals surface area contributed by atoms with Gasteiger partial charge in [0.2, 0.25) is 0 Å². The van der Waals surface area contributed by atoms with Gasteiger partial charge in [-0.05, 0) is 65.6 Å². The van der Waals surface area contributed by atoms with Gasteiger partial charge in [0, 0.05) is 17.1 Å². The van der Waals surface area contributed by atoms with E-state index in [1.165, 1.54) is 16.7 Å². The van der Waals surface area contributed by atoms with Crippen LogP contribution < -0.4 is 4.90 Å². The first-order chi connectivity index (χ1) is 15.7. The second-order valence-corrected chi connectivity index (χ2v) is 7.69. The molecule has 1 nitrogen and oxygen atoms in total. The van der Waals surface area contributed by atoms with Crippen LogP contribution in [-0.4, -0.2) is 0 Å². The highest BCUT2D eigenvalue weighted by atomic mass is 15.1. The predicted octanol–water partition coefficient (Wildman–Crippen LogP) is 8.89. The first-order valence-electron chi connectivity index (χ1n) is 10.8. The molecule has 0 saturated carbocycles. The van der Waals surface area contributed by atoms with Gasteiger partial charge in [-0.25, -0.2) is 0 Å². The predicted molar refractivity (Wildman–Crippen MR) is 140 cm³/mol. The summed E-state index contributed by atoms with van der Waals surface area (Å²) < 4.78 is 0. The molecule has 0 aromatic heterocycles. The van der Waals surface area contributed by atoms with Crippen molar-refractivity contribution in [3.63, 3.8) is 0 Å². The van der Waals surface area contributed by atoms with E-state index in [4.69, 9.17) is 0 Å². The molecule has 0 aliphatic carbocycles. The molecule has 32 heavy (non-hydrogen) atoms. The van der Waals surface area contributed by atoms with Gasteiger partial charge in [0.15, 0.2) is 0 Å². The molecule has 0 atom stereocenters. The number of nitrogens with zero attached hydrogens (tertiary/aromatic N) is 1. The van der Waals surface area contributed by atoms with Gasteiger partial charge in [0.1, 0.15) is 0 Å². The van der Waals surface area contributed by atoms with E-state index in [9.17, 15) is 0 Å². The number of benzene rings is 4. The molecule has 0 heterocycles. The van der Waals surface area contributed by atoms with Crippen molar-refractivity contribution in [3.8, 4) is 11.1 Å². The van der Waals surface area contributed by atoms with Crippen molar-refractivity contribution < 1.29 is 0 Å². The fraction of sp³-hybridized carbons (Fsp3) is 0.0323. The van der Waals surface area contributed by atoms with Gasteiger partial charge in [0.25, 0.3) is 0 Å². The second kappa shape index (κ2) is 9.80. The number of rotatable bonds is 7. The first kappa shape index (κ1) is 21.1. The average Bonchev–Trinajstić information content (AvgIpc) is 2.85. The molecule has 1 heteroatoms. The van der Waals surface area contributed by atoms with E-state index < -0.39 is 0 Å². The SMILES string of the molecule is C=C/C=C(\C=C)c1ccc(N(c2ccc(C)cc2)c2ccc(-c3ccccc3)cc2)cc1. The molecular weight excluding hydrogens is 386 g/mol. The van der Waals surface area contributed by atoms with Crippen molar-refractivity contribution >= 4 is 22.6 Å². The van der Waals surface area contributed by atoms with Crippen molar-refractivity contribution in [2.75, 3.05) is 4.90 Å². The Morgan fingerprint density at radius 2 is 1.12 bits per heavy atom. The second-order valence-electron chi connectivity index (χ2n) is 7.69. The molecule has 0 aliphatic rings. The Morgan fingerprint density at radius 1 is 0.625 bits per heavy atom. The summed E-state index contributed by atoms with van der Waals surface area (Å²) in [6.45, 7) is 9.84. The molecule has 4 aromatic carbocycles. The summed E-state index contributed by atoms with van der Waals surface area (Å²) in [5, 5.41) is 0. The molecule has 156 valence electrons. The zero-order valence-corrected chi connectivity index (χ0v) is 18.4. The van der Waals surface area contributed by atoms with Gasteiger partial charge in [-0.3, -0.25) is 0 Å². The largest absolute Gasteiger partial charge is 0.311 e. The van der Waals surface area contributed by atoms with E-state index in [2.05, 4.69) is 122 Å². The van der Waals surface area contributed by atoms with Crippen LogP contribution in [0.4, 0.5) is 17.1 Å². The third-order valence-corrected chi connectivity index (χ3v) is 5.50. The fourth-order valence-corrected chi connectivity index (χ4v) is 3.79. The topological polar surface area (TPSA) is 3.24 Å². The van der Waals surface area contributed by atoms with Crippen molar-refractivity contribution in [2.45, 2.75) is 6.92 Å². The Labute approximate surface area is 191 Å². The van der Waals surface area contributed by atoms with Crippen LogP contribution in [0.1, 0.15) is 11.1 Å². The molecule has 4 aromatic rings. The lowest BCUT2D eigenvalue weighted by Gasteiger charge is -2.26. The molecule has 4 rings (SSSR count). The van der Waals surface area contributed by atoms with E-state index >= 15 is 0 Å². The van der Waals surface area contributed by atoms with Crippen LogP contribution in [0.3, 0.4) is 0 Å². The minimum absolute atomic E-state index is 1.06. The summed E-state index contributed by atoms with van der Waals surface area (Å²) >= 11 is 0. The maximum absolute atomic E-state index is 3.92. The summed E-state index contributed by atoms with van der Waals surface area (Å²) in [7, 11) is 0. The van der Waals surface area contributed by atoms with E-state index in [1.54, 1.807) is 6.08 Å². The van der Waals surface area contributed by atoms with E-state index in [-0.39, 0.29) is 0 Å². The maximum atomic E-state index is 3.92.